The number of likely N-dealkylation sites (N-methyl/N-ethyl adjacent to an activating group) is 2. The van der Waals surface area contributed by atoms with Gasteiger partial charge in [0.2, 0.25) is 0 Å². The summed E-state index contributed by atoms with van der Waals surface area (Å²) >= 11 is 0. The molecule has 0 radical (unpaired) electrons. The van der Waals surface area contributed by atoms with Crippen molar-refractivity contribution in [2.45, 2.75) is 52.1 Å². The van der Waals surface area contributed by atoms with Crippen molar-refractivity contribution in [1.82, 2.24) is 15.1 Å². The van der Waals surface area contributed by atoms with Crippen LogP contribution in [-0.2, 0) is 0 Å². The first-order valence-electron chi connectivity index (χ1n) is 7.07. The summed E-state index contributed by atoms with van der Waals surface area (Å²) in [5, 5.41) is 3.30. The van der Waals surface area contributed by atoms with E-state index in [1.165, 1.54) is 25.8 Å². The molecule has 104 valence electrons. The number of hydrogen-bond acceptors (Lipinski definition) is 3. The first kappa shape index (κ1) is 16.9. The Hall–Kier alpha value is -0.120. The molecule has 0 aromatic carbocycles. The molecule has 3 heteroatoms. The molecule has 0 saturated heterocycles. The van der Waals surface area contributed by atoms with Gasteiger partial charge in [0.1, 0.15) is 0 Å². The van der Waals surface area contributed by atoms with E-state index in [2.05, 4.69) is 50.0 Å². The zero-order chi connectivity index (χ0) is 13.3. The number of rotatable bonds is 10. The zero-order valence-corrected chi connectivity index (χ0v) is 12.8. The molecule has 0 fully saturated rings. The van der Waals surface area contributed by atoms with Crippen LogP contribution in [0.25, 0.3) is 0 Å². The minimum atomic E-state index is 0.657. The molecule has 0 aliphatic carbocycles. The average molecular weight is 243 g/mol. The van der Waals surface area contributed by atoms with Gasteiger partial charge in [-0.3, -0.25) is 4.90 Å². The topological polar surface area (TPSA) is 18.5 Å². The van der Waals surface area contributed by atoms with E-state index in [-0.39, 0.29) is 0 Å². The van der Waals surface area contributed by atoms with Gasteiger partial charge in [-0.1, -0.05) is 13.3 Å². The minimum absolute atomic E-state index is 0.657. The van der Waals surface area contributed by atoms with Crippen molar-refractivity contribution in [1.29, 1.82) is 0 Å². The highest BCUT2D eigenvalue weighted by Crippen LogP contribution is 2.06. The predicted molar refractivity (Wildman–Crippen MR) is 77.6 cm³/mol. The van der Waals surface area contributed by atoms with E-state index < -0.39 is 0 Å². The minimum Gasteiger partial charge on any atom is -0.317 e. The Morgan fingerprint density at radius 1 is 1.12 bits per heavy atom. The molecular formula is C14H33N3. The summed E-state index contributed by atoms with van der Waals surface area (Å²) in [7, 11) is 6.35. The highest BCUT2D eigenvalue weighted by Gasteiger charge is 2.12. The van der Waals surface area contributed by atoms with Crippen LogP contribution in [0, 0.1) is 0 Å². The summed E-state index contributed by atoms with van der Waals surface area (Å²) < 4.78 is 0. The van der Waals surface area contributed by atoms with E-state index in [0.717, 1.165) is 13.1 Å². The fraction of sp³-hybridized carbons (Fsp3) is 1.00. The van der Waals surface area contributed by atoms with Crippen molar-refractivity contribution in [2.24, 2.45) is 0 Å². The third kappa shape index (κ3) is 8.58. The number of nitrogens with one attached hydrogen (secondary N) is 1. The van der Waals surface area contributed by atoms with E-state index in [1.807, 2.05) is 7.05 Å². The van der Waals surface area contributed by atoms with E-state index in [9.17, 15) is 0 Å². The molecule has 0 heterocycles. The summed E-state index contributed by atoms with van der Waals surface area (Å²) in [6, 6.07) is 1.32. The Balaban J connectivity index is 3.74. The van der Waals surface area contributed by atoms with Crippen LogP contribution in [-0.4, -0.2) is 62.7 Å². The van der Waals surface area contributed by atoms with Crippen LogP contribution in [0.4, 0.5) is 0 Å². The number of unbranched alkanes of at least 4 members (excludes halogenated alkanes) is 1. The Labute approximate surface area is 109 Å². The SMILES string of the molecule is CCN(CCCCC(C)NC)C(C)CN(C)C. The quantitative estimate of drug-likeness (QED) is 0.592. The van der Waals surface area contributed by atoms with Gasteiger partial charge in [0.15, 0.2) is 0 Å². The van der Waals surface area contributed by atoms with Gasteiger partial charge >= 0.3 is 0 Å². The summed E-state index contributed by atoms with van der Waals surface area (Å²) in [4.78, 5) is 4.86. The highest BCUT2D eigenvalue weighted by atomic mass is 15.2. The van der Waals surface area contributed by atoms with Crippen LogP contribution in [0.15, 0.2) is 0 Å². The van der Waals surface area contributed by atoms with E-state index in [1.54, 1.807) is 0 Å². The maximum Gasteiger partial charge on any atom is 0.0194 e. The third-order valence-electron chi connectivity index (χ3n) is 3.48. The average Bonchev–Trinajstić information content (AvgIpc) is 2.27. The summed E-state index contributed by atoms with van der Waals surface area (Å²) in [5.74, 6) is 0. The standard InChI is InChI=1S/C14H33N3/c1-7-17(14(3)12-16(5)6)11-9-8-10-13(2)15-4/h13-15H,7-12H2,1-6H3. The van der Waals surface area contributed by atoms with Crippen molar-refractivity contribution in [3.05, 3.63) is 0 Å². The fourth-order valence-electron chi connectivity index (χ4n) is 2.24. The lowest BCUT2D eigenvalue weighted by atomic mass is 10.1. The molecule has 17 heavy (non-hydrogen) atoms. The number of nitrogens with zero attached hydrogens (tertiary/aromatic N) is 2. The van der Waals surface area contributed by atoms with E-state index in [4.69, 9.17) is 0 Å². The van der Waals surface area contributed by atoms with Crippen molar-refractivity contribution in [3.63, 3.8) is 0 Å². The van der Waals surface area contributed by atoms with Crippen LogP contribution in [0.5, 0.6) is 0 Å². The Morgan fingerprint density at radius 2 is 1.76 bits per heavy atom. The van der Waals surface area contributed by atoms with E-state index in [0.29, 0.717) is 12.1 Å². The Morgan fingerprint density at radius 3 is 2.24 bits per heavy atom. The van der Waals surface area contributed by atoms with Gasteiger partial charge in [-0.05, 0) is 60.9 Å². The van der Waals surface area contributed by atoms with Gasteiger partial charge in [-0.2, -0.15) is 0 Å². The summed E-state index contributed by atoms with van der Waals surface area (Å²) in [5.41, 5.74) is 0. The lowest BCUT2D eigenvalue weighted by molar-refractivity contribution is 0.178. The van der Waals surface area contributed by atoms with Crippen molar-refractivity contribution >= 4 is 0 Å². The van der Waals surface area contributed by atoms with Crippen molar-refractivity contribution < 1.29 is 0 Å². The molecule has 3 nitrogen and oxygen atoms in total. The second-order valence-electron chi connectivity index (χ2n) is 5.43. The zero-order valence-electron chi connectivity index (χ0n) is 12.8. The summed E-state index contributed by atoms with van der Waals surface area (Å²) in [6.07, 6.45) is 3.93. The van der Waals surface area contributed by atoms with Crippen LogP contribution in [0.1, 0.15) is 40.0 Å². The molecule has 0 aromatic rings. The second-order valence-corrected chi connectivity index (χ2v) is 5.43. The molecule has 0 spiro atoms. The Kier molecular flexibility index (Phi) is 9.79. The smallest absolute Gasteiger partial charge is 0.0194 e. The van der Waals surface area contributed by atoms with Gasteiger partial charge < -0.3 is 10.2 Å². The third-order valence-corrected chi connectivity index (χ3v) is 3.48. The molecule has 1 N–H and O–H groups in total. The highest BCUT2D eigenvalue weighted by molar-refractivity contribution is 4.69. The van der Waals surface area contributed by atoms with Crippen molar-refractivity contribution in [2.75, 3.05) is 40.8 Å². The monoisotopic (exact) mass is 243 g/mol. The molecule has 0 saturated carbocycles. The maximum absolute atomic E-state index is 3.30. The number of hydrogen-bond donors (Lipinski definition) is 1. The van der Waals surface area contributed by atoms with Gasteiger partial charge in [-0.15, -0.1) is 0 Å². The van der Waals surface area contributed by atoms with Crippen LogP contribution in [0.2, 0.25) is 0 Å². The summed E-state index contributed by atoms with van der Waals surface area (Å²) in [6.45, 7) is 10.4. The molecule has 0 aliphatic rings. The van der Waals surface area contributed by atoms with Gasteiger partial charge in [0.05, 0.1) is 0 Å². The maximum atomic E-state index is 3.30. The van der Waals surface area contributed by atoms with Crippen LogP contribution < -0.4 is 5.32 Å². The van der Waals surface area contributed by atoms with Gasteiger partial charge in [0.25, 0.3) is 0 Å². The van der Waals surface area contributed by atoms with Gasteiger partial charge in [-0.25, -0.2) is 0 Å². The normalized spacial score (nSPS) is 15.5. The molecule has 0 aliphatic heterocycles. The van der Waals surface area contributed by atoms with E-state index >= 15 is 0 Å². The molecular weight excluding hydrogens is 210 g/mol. The lowest BCUT2D eigenvalue weighted by Crippen LogP contribution is -2.40. The molecule has 2 unspecified atom stereocenters. The second kappa shape index (κ2) is 9.86. The van der Waals surface area contributed by atoms with Crippen molar-refractivity contribution in [3.8, 4) is 0 Å². The fourth-order valence-corrected chi connectivity index (χ4v) is 2.24. The first-order valence-corrected chi connectivity index (χ1v) is 7.07. The van der Waals surface area contributed by atoms with Gasteiger partial charge in [0, 0.05) is 18.6 Å². The predicted octanol–water partition coefficient (Wildman–Crippen LogP) is 2.04. The molecule has 0 aromatic heterocycles. The molecule has 0 bridgehead atoms. The van der Waals surface area contributed by atoms with Crippen LogP contribution in [0.3, 0.4) is 0 Å². The molecule has 0 amide bonds. The molecule has 0 rings (SSSR count). The largest absolute Gasteiger partial charge is 0.317 e. The van der Waals surface area contributed by atoms with Crippen LogP contribution >= 0.6 is 0 Å². The Bertz CT molecular complexity index is 171. The first-order chi connectivity index (χ1) is 8.01. The molecule has 2 atom stereocenters. The lowest BCUT2D eigenvalue weighted by Gasteiger charge is -2.30.